The van der Waals surface area contributed by atoms with Gasteiger partial charge >= 0.3 is 0 Å². The van der Waals surface area contributed by atoms with Gasteiger partial charge in [0.25, 0.3) is 0 Å². The van der Waals surface area contributed by atoms with Crippen LogP contribution in [0.4, 0.5) is 0 Å². The molecular formula is C31H53N3O4. The highest BCUT2D eigenvalue weighted by atomic mass is 16.5. The normalized spacial score (nSPS) is 19.0. The Labute approximate surface area is 231 Å². The number of carbonyl (C=O) groups excluding carboxylic acids is 2. The molecule has 0 aliphatic heterocycles. The summed E-state index contributed by atoms with van der Waals surface area (Å²) in [5.74, 6) is 0.949. The predicted octanol–water partition coefficient (Wildman–Crippen LogP) is 4.40. The van der Waals surface area contributed by atoms with Gasteiger partial charge in [0.05, 0.1) is 24.8 Å². The maximum Gasteiger partial charge on any atom is 0.236 e. The van der Waals surface area contributed by atoms with Gasteiger partial charge in [-0.3, -0.25) is 9.59 Å². The van der Waals surface area contributed by atoms with E-state index in [1.807, 2.05) is 19.1 Å². The van der Waals surface area contributed by atoms with E-state index < -0.39 is 0 Å². The van der Waals surface area contributed by atoms with Crippen molar-refractivity contribution in [3.05, 3.63) is 35.9 Å². The van der Waals surface area contributed by atoms with Crippen molar-refractivity contribution in [2.45, 2.75) is 89.4 Å². The molecule has 216 valence electrons. The Morgan fingerprint density at radius 3 is 2.34 bits per heavy atom. The third kappa shape index (κ3) is 8.78. The third-order valence-electron chi connectivity index (χ3n) is 8.84. The molecule has 2 N–H and O–H groups in total. The lowest BCUT2D eigenvalue weighted by atomic mass is 9.76. The van der Waals surface area contributed by atoms with Crippen LogP contribution in [0.5, 0.6) is 0 Å². The molecule has 6 unspecified atom stereocenters. The predicted molar refractivity (Wildman–Crippen MR) is 154 cm³/mol. The molecule has 7 heteroatoms. The highest BCUT2D eigenvalue weighted by Gasteiger charge is 2.47. The van der Waals surface area contributed by atoms with Crippen LogP contribution >= 0.6 is 0 Å². The molecule has 1 aromatic rings. The van der Waals surface area contributed by atoms with Crippen molar-refractivity contribution in [2.24, 2.45) is 17.8 Å². The van der Waals surface area contributed by atoms with E-state index in [2.05, 4.69) is 61.7 Å². The summed E-state index contributed by atoms with van der Waals surface area (Å²) in [5, 5.41) is 5.81. The van der Waals surface area contributed by atoms with Crippen molar-refractivity contribution in [1.29, 1.82) is 0 Å². The molecule has 6 atom stereocenters. The Hall–Kier alpha value is -1.96. The smallest absolute Gasteiger partial charge is 0.236 e. The van der Waals surface area contributed by atoms with Crippen LogP contribution in [0.25, 0.3) is 0 Å². The minimum Gasteiger partial charge on any atom is -0.381 e. The second kappa shape index (κ2) is 16.2. The molecule has 1 aliphatic rings. The van der Waals surface area contributed by atoms with Crippen molar-refractivity contribution in [2.75, 3.05) is 41.4 Å². The molecule has 0 spiro atoms. The quantitative estimate of drug-likeness (QED) is 0.193. The first-order valence-corrected chi connectivity index (χ1v) is 14.5. The van der Waals surface area contributed by atoms with Crippen LogP contribution in [-0.4, -0.2) is 76.9 Å². The molecule has 0 radical (unpaired) electrons. The van der Waals surface area contributed by atoms with Crippen LogP contribution in [0.2, 0.25) is 0 Å². The Kier molecular flexibility index (Phi) is 13.8. The summed E-state index contributed by atoms with van der Waals surface area (Å²) < 4.78 is 12.4. The van der Waals surface area contributed by atoms with Gasteiger partial charge < -0.3 is 25.0 Å². The highest BCUT2D eigenvalue weighted by Crippen LogP contribution is 2.53. The number of nitrogens with zero attached hydrogens (tertiary/aromatic N) is 1. The molecule has 38 heavy (non-hydrogen) atoms. The van der Waals surface area contributed by atoms with Gasteiger partial charge in [0.1, 0.15) is 0 Å². The molecule has 2 amide bonds. The second-order valence-electron chi connectivity index (χ2n) is 11.4. The van der Waals surface area contributed by atoms with E-state index in [4.69, 9.17) is 9.47 Å². The van der Waals surface area contributed by atoms with E-state index in [-0.39, 0.29) is 41.4 Å². The van der Waals surface area contributed by atoms with Crippen molar-refractivity contribution in [3.63, 3.8) is 0 Å². The lowest BCUT2D eigenvalue weighted by Crippen LogP contribution is -2.52. The zero-order valence-corrected chi connectivity index (χ0v) is 24.9. The number of hydrogen-bond acceptors (Lipinski definition) is 5. The van der Waals surface area contributed by atoms with Gasteiger partial charge in [-0.2, -0.15) is 0 Å². The fourth-order valence-corrected chi connectivity index (χ4v) is 6.47. The van der Waals surface area contributed by atoms with Gasteiger partial charge in [0.2, 0.25) is 12.3 Å². The van der Waals surface area contributed by atoms with Gasteiger partial charge in [-0.25, -0.2) is 0 Å². The average Bonchev–Trinajstić information content (AvgIpc) is 3.71. The van der Waals surface area contributed by atoms with Crippen molar-refractivity contribution in [1.82, 2.24) is 15.5 Å². The van der Waals surface area contributed by atoms with Crippen LogP contribution in [-0.2, 0) is 24.5 Å². The van der Waals surface area contributed by atoms with Crippen LogP contribution in [0.15, 0.2) is 30.3 Å². The van der Waals surface area contributed by atoms with E-state index in [0.717, 1.165) is 38.5 Å². The van der Waals surface area contributed by atoms with Crippen molar-refractivity contribution >= 4 is 12.3 Å². The second-order valence-corrected chi connectivity index (χ2v) is 11.4. The number of rotatable bonds is 20. The molecule has 0 heterocycles. The first-order valence-electron chi connectivity index (χ1n) is 14.5. The maximum absolute atomic E-state index is 12.9. The standard InChI is InChI=1S/C31H53N3O4/c1-8-23(2)29(34(5)28(36)21-32-4)27(37-6)19-25(13-12-18-33-22-35)30(38-7)24(3)20-31(16-17-31)26-14-10-9-11-15-26/h9-11,14-15,22-25,27,29-30,32H,8,12-13,16-21H2,1-7H3,(H,33,35). The van der Waals surface area contributed by atoms with Crippen LogP contribution < -0.4 is 10.6 Å². The van der Waals surface area contributed by atoms with E-state index in [0.29, 0.717) is 19.0 Å². The van der Waals surface area contributed by atoms with Crippen LogP contribution in [0, 0.1) is 17.8 Å². The van der Waals surface area contributed by atoms with Crippen molar-refractivity contribution in [3.8, 4) is 0 Å². The number of nitrogens with one attached hydrogen (secondary N) is 2. The summed E-state index contributed by atoms with van der Waals surface area (Å²) in [6.07, 6.45) is 7.79. The molecule has 1 fully saturated rings. The van der Waals surface area contributed by atoms with Crippen LogP contribution in [0.1, 0.15) is 71.3 Å². The van der Waals surface area contributed by atoms with Crippen LogP contribution in [0.3, 0.4) is 0 Å². The lowest BCUT2D eigenvalue weighted by molar-refractivity contribution is -0.136. The number of methoxy groups -OCH3 is 2. The van der Waals surface area contributed by atoms with Gasteiger partial charge in [0.15, 0.2) is 0 Å². The fraction of sp³-hybridized carbons (Fsp3) is 0.742. The number of amides is 2. The molecule has 0 saturated heterocycles. The average molecular weight is 532 g/mol. The molecule has 1 aromatic carbocycles. The minimum absolute atomic E-state index is 0.0339. The molecule has 0 bridgehead atoms. The summed E-state index contributed by atoms with van der Waals surface area (Å²) >= 11 is 0. The summed E-state index contributed by atoms with van der Waals surface area (Å²) in [5.41, 5.74) is 1.69. The largest absolute Gasteiger partial charge is 0.381 e. The van der Waals surface area contributed by atoms with E-state index in [1.54, 1.807) is 14.2 Å². The third-order valence-corrected chi connectivity index (χ3v) is 8.84. The first-order chi connectivity index (χ1) is 18.3. The molecule has 2 rings (SSSR count). The monoisotopic (exact) mass is 531 g/mol. The number of likely N-dealkylation sites (N-methyl/N-ethyl adjacent to an activating group) is 2. The van der Waals surface area contributed by atoms with Gasteiger partial charge in [-0.1, -0.05) is 57.5 Å². The fourth-order valence-electron chi connectivity index (χ4n) is 6.47. The number of carbonyl (C=O) groups is 2. The molecule has 1 aliphatic carbocycles. The maximum atomic E-state index is 12.9. The van der Waals surface area contributed by atoms with Crippen molar-refractivity contribution < 1.29 is 19.1 Å². The van der Waals surface area contributed by atoms with Gasteiger partial charge in [-0.15, -0.1) is 0 Å². The minimum atomic E-state index is -0.117. The highest BCUT2D eigenvalue weighted by molar-refractivity contribution is 5.78. The number of benzene rings is 1. The van der Waals surface area contributed by atoms with E-state index >= 15 is 0 Å². The van der Waals surface area contributed by atoms with Gasteiger partial charge in [0, 0.05) is 27.8 Å². The summed E-state index contributed by atoms with van der Waals surface area (Å²) in [7, 11) is 7.30. The Balaban J connectivity index is 2.28. The lowest BCUT2D eigenvalue weighted by Gasteiger charge is -2.41. The molecule has 0 aromatic heterocycles. The van der Waals surface area contributed by atoms with E-state index in [1.165, 1.54) is 18.4 Å². The molecule has 7 nitrogen and oxygen atoms in total. The Bertz CT molecular complexity index is 817. The number of ether oxygens (including phenoxy) is 2. The SMILES string of the molecule is CCC(C)C(C(CC(CCCNC=O)C(OC)C(C)CC1(c2ccccc2)CC1)OC)N(C)C(=O)CNC. The zero-order valence-electron chi connectivity index (χ0n) is 24.9. The van der Waals surface area contributed by atoms with Gasteiger partial charge in [-0.05, 0) is 74.3 Å². The molecule has 1 saturated carbocycles. The molecular weight excluding hydrogens is 478 g/mol. The summed E-state index contributed by atoms with van der Waals surface area (Å²) in [6, 6.07) is 10.9. The Morgan fingerprint density at radius 2 is 1.82 bits per heavy atom. The Morgan fingerprint density at radius 1 is 1.13 bits per heavy atom. The summed E-state index contributed by atoms with van der Waals surface area (Å²) in [4.78, 5) is 25.6. The number of hydrogen-bond donors (Lipinski definition) is 2. The van der Waals surface area contributed by atoms with E-state index in [9.17, 15) is 9.59 Å². The topological polar surface area (TPSA) is 79.9 Å². The summed E-state index contributed by atoms with van der Waals surface area (Å²) in [6.45, 7) is 7.65. The first kappa shape index (κ1) is 32.3. The zero-order chi connectivity index (χ0) is 28.1.